The smallest absolute Gasteiger partial charge is 0.416 e. The summed E-state index contributed by atoms with van der Waals surface area (Å²) in [5.41, 5.74) is 0.575. The molecule has 1 unspecified atom stereocenters. The van der Waals surface area contributed by atoms with Crippen LogP contribution < -0.4 is 10.4 Å². The first-order valence-electron chi connectivity index (χ1n) is 8.85. The maximum Gasteiger partial charge on any atom is 0.416 e. The normalized spacial score (nSPS) is 15.5. The van der Waals surface area contributed by atoms with E-state index in [1.54, 1.807) is 29.6 Å². The second-order valence-electron chi connectivity index (χ2n) is 6.68. The van der Waals surface area contributed by atoms with Crippen molar-refractivity contribution in [1.29, 1.82) is 0 Å². The number of hydrogen-bond acceptors (Lipinski definition) is 6. The van der Waals surface area contributed by atoms with Crippen LogP contribution in [-0.2, 0) is 6.18 Å². The highest BCUT2D eigenvalue weighted by molar-refractivity contribution is 8.00. The molecule has 2 aromatic carbocycles. The summed E-state index contributed by atoms with van der Waals surface area (Å²) in [6, 6.07) is 10.1. The van der Waals surface area contributed by atoms with Crippen LogP contribution in [0.5, 0.6) is 0 Å². The standard InChI is InChI=1S/C20H14ClF3N2O3S2/c21-12-4-1-10(2-5-12)13-9-30-18(17(13)19(27)28)26(29)8-16-25-14-7-11(20(22,23)24)3-6-15(14)31-16/h1-7,9,16,25,29H,8H2,(H,27,28). The fraction of sp³-hybridized carbons (Fsp3) is 0.150. The number of aromatic carboxylic acids is 1. The maximum absolute atomic E-state index is 12.9. The molecular formula is C20H14ClF3N2O3S2. The summed E-state index contributed by atoms with van der Waals surface area (Å²) in [6.07, 6.45) is -4.45. The van der Waals surface area contributed by atoms with Crippen molar-refractivity contribution in [3.8, 4) is 11.1 Å². The lowest BCUT2D eigenvalue weighted by atomic mass is 10.0. The molecule has 2 heterocycles. The number of hydroxylamine groups is 1. The van der Waals surface area contributed by atoms with E-state index in [0.29, 0.717) is 26.7 Å². The highest BCUT2D eigenvalue weighted by Gasteiger charge is 2.33. The molecule has 3 aromatic rings. The van der Waals surface area contributed by atoms with Crippen molar-refractivity contribution in [3.63, 3.8) is 0 Å². The third-order valence-corrected chi connectivity index (χ3v) is 7.01. The third kappa shape index (κ3) is 4.47. The Morgan fingerprint density at radius 3 is 2.55 bits per heavy atom. The summed E-state index contributed by atoms with van der Waals surface area (Å²) in [5, 5.41) is 25.9. The van der Waals surface area contributed by atoms with Crippen LogP contribution in [0, 0.1) is 0 Å². The van der Waals surface area contributed by atoms with Gasteiger partial charge in [-0.05, 0) is 35.9 Å². The molecule has 3 N–H and O–H groups in total. The maximum atomic E-state index is 12.9. The molecule has 11 heteroatoms. The largest absolute Gasteiger partial charge is 0.478 e. The molecule has 0 bridgehead atoms. The van der Waals surface area contributed by atoms with E-state index in [4.69, 9.17) is 11.6 Å². The molecule has 0 aliphatic carbocycles. The summed E-state index contributed by atoms with van der Waals surface area (Å²) in [7, 11) is 0. The van der Waals surface area contributed by atoms with Crippen molar-refractivity contribution in [3.05, 3.63) is 64.0 Å². The van der Waals surface area contributed by atoms with E-state index in [2.05, 4.69) is 5.32 Å². The molecule has 0 spiro atoms. The van der Waals surface area contributed by atoms with Crippen LogP contribution in [0.2, 0.25) is 5.02 Å². The van der Waals surface area contributed by atoms with Gasteiger partial charge in [0.25, 0.3) is 0 Å². The Morgan fingerprint density at radius 2 is 1.90 bits per heavy atom. The second kappa shape index (κ2) is 8.27. The highest BCUT2D eigenvalue weighted by Crippen LogP contribution is 2.43. The van der Waals surface area contributed by atoms with Crippen LogP contribution >= 0.6 is 34.7 Å². The van der Waals surface area contributed by atoms with Crippen LogP contribution in [0.3, 0.4) is 0 Å². The fourth-order valence-corrected chi connectivity index (χ4v) is 5.41. The first-order valence-corrected chi connectivity index (χ1v) is 11.0. The number of nitrogens with zero attached hydrogens (tertiary/aromatic N) is 1. The van der Waals surface area contributed by atoms with Crippen molar-refractivity contribution < 1.29 is 28.3 Å². The number of thiophene rings is 1. The van der Waals surface area contributed by atoms with Crippen LogP contribution in [-0.4, -0.2) is 28.2 Å². The quantitative estimate of drug-likeness (QED) is 0.356. The number of fused-ring (bicyclic) bond motifs is 1. The van der Waals surface area contributed by atoms with Gasteiger partial charge in [-0.2, -0.15) is 13.2 Å². The second-order valence-corrected chi connectivity index (χ2v) is 9.22. The SMILES string of the molecule is O=C(O)c1c(-c2ccc(Cl)cc2)csc1N(O)CC1Nc2cc(C(F)(F)F)ccc2S1. The number of halogens is 4. The molecule has 1 aliphatic rings. The lowest BCUT2D eigenvalue weighted by Gasteiger charge is -2.20. The number of anilines is 2. The Balaban J connectivity index is 1.54. The lowest BCUT2D eigenvalue weighted by molar-refractivity contribution is -0.137. The fourth-order valence-electron chi connectivity index (χ4n) is 3.19. The number of carbonyl (C=O) groups is 1. The predicted molar refractivity (Wildman–Crippen MR) is 116 cm³/mol. The van der Waals surface area contributed by atoms with E-state index in [1.165, 1.54) is 17.8 Å². The molecule has 1 atom stereocenters. The van der Waals surface area contributed by atoms with Crippen molar-refractivity contribution in [2.75, 3.05) is 16.9 Å². The van der Waals surface area contributed by atoms with Crippen molar-refractivity contribution >= 4 is 51.4 Å². The number of thioether (sulfide) groups is 1. The van der Waals surface area contributed by atoms with Crippen molar-refractivity contribution in [2.45, 2.75) is 16.4 Å². The number of hydrogen-bond donors (Lipinski definition) is 3. The number of benzene rings is 2. The molecule has 31 heavy (non-hydrogen) atoms. The highest BCUT2D eigenvalue weighted by atomic mass is 35.5. The predicted octanol–water partition coefficient (Wildman–Crippen LogP) is 6.53. The zero-order chi connectivity index (χ0) is 22.3. The first-order chi connectivity index (χ1) is 14.6. The van der Waals surface area contributed by atoms with Crippen molar-refractivity contribution in [2.24, 2.45) is 0 Å². The third-order valence-electron chi connectivity index (χ3n) is 4.61. The van der Waals surface area contributed by atoms with Crippen LogP contribution in [0.4, 0.5) is 23.9 Å². The Labute approximate surface area is 188 Å². The van der Waals surface area contributed by atoms with E-state index in [-0.39, 0.29) is 17.1 Å². The molecule has 4 rings (SSSR count). The van der Waals surface area contributed by atoms with E-state index < -0.39 is 23.1 Å². The lowest BCUT2D eigenvalue weighted by Crippen LogP contribution is -2.31. The average Bonchev–Trinajstić information content (AvgIpc) is 3.31. The van der Waals surface area contributed by atoms with E-state index in [9.17, 15) is 28.3 Å². The van der Waals surface area contributed by atoms with Gasteiger partial charge in [-0.3, -0.25) is 5.21 Å². The molecule has 0 saturated heterocycles. The molecule has 0 radical (unpaired) electrons. The molecule has 0 fully saturated rings. The van der Waals surface area contributed by atoms with Crippen LogP contribution in [0.1, 0.15) is 15.9 Å². The summed E-state index contributed by atoms with van der Waals surface area (Å²) in [5.74, 6) is -1.20. The molecule has 1 aliphatic heterocycles. The molecule has 162 valence electrons. The Morgan fingerprint density at radius 1 is 1.19 bits per heavy atom. The Bertz CT molecular complexity index is 1140. The van der Waals surface area contributed by atoms with Crippen LogP contribution in [0.15, 0.2) is 52.7 Å². The monoisotopic (exact) mass is 486 g/mol. The first kappa shape index (κ1) is 21.8. The van der Waals surface area contributed by atoms with Gasteiger partial charge in [0, 0.05) is 26.5 Å². The molecule has 1 aromatic heterocycles. The average molecular weight is 487 g/mol. The van der Waals surface area contributed by atoms with E-state index >= 15 is 0 Å². The molecule has 5 nitrogen and oxygen atoms in total. The Kier molecular flexibility index (Phi) is 5.82. The number of rotatable bonds is 5. The van der Waals surface area contributed by atoms with Gasteiger partial charge in [0.2, 0.25) is 0 Å². The minimum absolute atomic E-state index is 0.0401. The summed E-state index contributed by atoms with van der Waals surface area (Å²) >= 11 is 8.21. The van der Waals surface area contributed by atoms with Gasteiger partial charge in [0.15, 0.2) is 0 Å². The summed E-state index contributed by atoms with van der Waals surface area (Å²) in [4.78, 5) is 12.5. The van der Waals surface area contributed by atoms with E-state index in [1.807, 2.05) is 0 Å². The number of carboxylic acids is 1. The number of alkyl halides is 3. The zero-order valence-electron chi connectivity index (χ0n) is 15.5. The van der Waals surface area contributed by atoms with Gasteiger partial charge >= 0.3 is 12.1 Å². The minimum Gasteiger partial charge on any atom is -0.478 e. The topological polar surface area (TPSA) is 72.8 Å². The van der Waals surface area contributed by atoms with E-state index in [0.717, 1.165) is 28.5 Å². The van der Waals surface area contributed by atoms with Gasteiger partial charge in [-0.1, -0.05) is 35.5 Å². The molecule has 0 saturated carbocycles. The van der Waals surface area contributed by atoms with Gasteiger partial charge < -0.3 is 10.4 Å². The van der Waals surface area contributed by atoms with Gasteiger partial charge in [-0.15, -0.1) is 11.3 Å². The minimum atomic E-state index is -4.45. The van der Waals surface area contributed by atoms with Crippen LogP contribution in [0.25, 0.3) is 11.1 Å². The number of nitrogens with one attached hydrogen (secondary N) is 1. The number of carboxylic acid groups (broad SMARTS) is 1. The zero-order valence-corrected chi connectivity index (χ0v) is 17.9. The summed E-state index contributed by atoms with van der Waals surface area (Å²) in [6.45, 7) is -0.0401. The van der Waals surface area contributed by atoms with Gasteiger partial charge in [0.1, 0.15) is 10.6 Å². The Hall–Kier alpha value is -2.40. The molecule has 0 amide bonds. The molecular weight excluding hydrogens is 473 g/mol. The van der Waals surface area contributed by atoms with Crippen molar-refractivity contribution in [1.82, 2.24) is 0 Å². The van der Waals surface area contributed by atoms with Gasteiger partial charge in [-0.25, -0.2) is 9.86 Å². The summed E-state index contributed by atoms with van der Waals surface area (Å²) < 4.78 is 38.8. The van der Waals surface area contributed by atoms with Gasteiger partial charge in [0.05, 0.1) is 17.5 Å².